The van der Waals surface area contributed by atoms with Crippen LogP contribution in [0.3, 0.4) is 0 Å². The second-order valence-corrected chi connectivity index (χ2v) is 7.81. The van der Waals surface area contributed by atoms with Crippen LogP contribution in [0.2, 0.25) is 0 Å². The summed E-state index contributed by atoms with van der Waals surface area (Å²) in [4.78, 5) is 4.14. The number of hydrogen-bond acceptors (Lipinski definition) is 2. The summed E-state index contributed by atoms with van der Waals surface area (Å²) in [7, 11) is -1.07. The summed E-state index contributed by atoms with van der Waals surface area (Å²) < 4.78 is 15.9. The molecule has 0 radical (unpaired) electrons. The molecule has 1 heterocycles. The van der Waals surface area contributed by atoms with Crippen molar-refractivity contribution < 1.29 is 4.21 Å². The summed E-state index contributed by atoms with van der Waals surface area (Å²) in [6.45, 7) is 7.95. The van der Waals surface area contributed by atoms with Crippen molar-refractivity contribution in [3.63, 3.8) is 0 Å². The van der Waals surface area contributed by atoms with Crippen LogP contribution in [0.15, 0.2) is 22.9 Å². The molecular formula is C12H19BrN2OS. The summed E-state index contributed by atoms with van der Waals surface area (Å²) in [5.41, 5.74) is 1.06. The third kappa shape index (κ3) is 4.48. The van der Waals surface area contributed by atoms with Crippen molar-refractivity contribution in [2.75, 3.05) is 0 Å². The third-order valence-corrected chi connectivity index (χ3v) is 4.39. The van der Waals surface area contributed by atoms with Crippen LogP contribution in [0.4, 0.5) is 0 Å². The highest BCUT2D eigenvalue weighted by atomic mass is 79.9. The first-order valence-corrected chi connectivity index (χ1v) is 7.57. The van der Waals surface area contributed by atoms with Gasteiger partial charge in [-0.1, -0.05) is 6.92 Å². The monoisotopic (exact) mass is 318 g/mol. The highest BCUT2D eigenvalue weighted by Gasteiger charge is 2.22. The third-order valence-electron chi connectivity index (χ3n) is 2.34. The number of rotatable bonds is 4. The van der Waals surface area contributed by atoms with E-state index in [0.29, 0.717) is 0 Å². The van der Waals surface area contributed by atoms with Crippen LogP contribution in [0.1, 0.15) is 45.7 Å². The molecule has 1 aromatic heterocycles. The number of nitrogens with zero attached hydrogens (tertiary/aromatic N) is 1. The van der Waals surface area contributed by atoms with E-state index in [0.717, 1.165) is 16.5 Å². The molecule has 0 aliphatic carbocycles. The zero-order valence-electron chi connectivity index (χ0n) is 10.7. The molecule has 0 amide bonds. The average molecular weight is 319 g/mol. The Balaban J connectivity index is 2.83. The molecule has 0 aromatic carbocycles. The molecule has 0 bridgehead atoms. The van der Waals surface area contributed by atoms with E-state index in [1.807, 2.05) is 33.0 Å². The molecule has 0 saturated carbocycles. The van der Waals surface area contributed by atoms with E-state index in [1.54, 1.807) is 6.20 Å². The normalized spacial score (nSPS) is 15.6. The Morgan fingerprint density at radius 1 is 1.47 bits per heavy atom. The zero-order chi connectivity index (χ0) is 13.1. The molecule has 5 heteroatoms. The van der Waals surface area contributed by atoms with Crippen LogP contribution in [-0.4, -0.2) is 13.9 Å². The van der Waals surface area contributed by atoms with E-state index in [2.05, 4.69) is 32.6 Å². The molecule has 0 saturated heterocycles. The van der Waals surface area contributed by atoms with E-state index in [4.69, 9.17) is 0 Å². The molecule has 0 spiro atoms. The van der Waals surface area contributed by atoms with Crippen molar-refractivity contribution in [3.8, 4) is 0 Å². The van der Waals surface area contributed by atoms with Crippen LogP contribution in [0.25, 0.3) is 0 Å². The van der Waals surface area contributed by atoms with Crippen molar-refractivity contribution in [2.45, 2.75) is 44.9 Å². The molecule has 1 aromatic rings. The van der Waals surface area contributed by atoms with Crippen LogP contribution in [0, 0.1) is 0 Å². The summed E-state index contributed by atoms with van der Waals surface area (Å²) in [6, 6.07) is 2.08. The van der Waals surface area contributed by atoms with Crippen LogP contribution in [-0.2, 0) is 11.0 Å². The van der Waals surface area contributed by atoms with Gasteiger partial charge in [-0.25, -0.2) is 8.93 Å². The van der Waals surface area contributed by atoms with Gasteiger partial charge in [0.25, 0.3) is 0 Å². The topological polar surface area (TPSA) is 42.0 Å². The predicted octanol–water partition coefficient (Wildman–Crippen LogP) is 3.35. The van der Waals surface area contributed by atoms with E-state index >= 15 is 0 Å². The van der Waals surface area contributed by atoms with Gasteiger partial charge >= 0.3 is 0 Å². The van der Waals surface area contributed by atoms with E-state index < -0.39 is 11.0 Å². The molecule has 17 heavy (non-hydrogen) atoms. The van der Waals surface area contributed by atoms with Gasteiger partial charge in [-0.05, 0) is 54.8 Å². The van der Waals surface area contributed by atoms with Gasteiger partial charge in [0.05, 0.1) is 15.7 Å². The maximum atomic E-state index is 12.1. The fraction of sp³-hybridized carbons (Fsp3) is 0.583. The van der Waals surface area contributed by atoms with Gasteiger partial charge in [-0.15, -0.1) is 0 Å². The van der Waals surface area contributed by atoms with Crippen LogP contribution >= 0.6 is 15.9 Å². The molecule has 2 unspecified atom stereocenters. The van der Waals surface area contributed by atoms with Gasteiger partial charge in [0.15, 0.2) is 0 Å². The molecule has 3 nitrogen and oxygen atoms in total. The van der Waals surface area contributed by atoms with Gasteiger partial charge in [0, 0.05) is 22.9 Å². The highest BCUT2D eigenvalue weighted by molar-refractivity contribution is 9.10. The highest BCUT2D eigenvalue weighted by Crippen LogP contribution is 2.21. The van der Waals surface area contributed by atoms with Crippen molar-refractivity contribution in [3.05, 3.63) is 28.5 Å². The van der Waals surface area contributed by atoms with E-state index in [-0.39, 0.29) is 10.8 Å². The minimum absolute atomic E-state index is 0.0695. The minimum atomic E-state index is -1.07. The summed E-state index contributed by atoms with van der Waals surface area (Å²) in [6.07, 6.45) is 4.43. The van der Waals surface area contributed by atoms with Crippen molar-refractivity contribution in [1.82, 2.24) is 9.71 Å². The number of hydrogen-bond donors (Lipinski definition) is 1. The Bertz CT molecular complexity index is 404. The Labute approximate surface area is 114 Å². The summed E-state index contributed by atoms with van der Waals surface area (Å²) >= 11 is 3.40. The van der Waals surface area contributed by atoms with E-state index in [9.17, 15) is 4.21 Å². The summed E-state index contributed by atoms with van der Waals surface area (Å²) in [5, 5.41) is 0. The zero-order valence-corrected chi connectivity index (χ0v) is 13.1. The van der Waals surface area contributed by atoms with Gasteiger partial charge in [0.2, 0.25) is 0 Å². The molecule has 0 fully saturated rings. The standard InChI is InChI=1S/C12H19BrN2OS/c1-5-11(15-17(16)12(2,3)4)9-6-10(13)8-14-7-9/h6-8,11,15H,5H2,1-4H3. The number of aromatic nitrogens is 1. The van der Waals surface area contributed by atoms with Crippen molar-refractivity contribution in [2.24, 2.45) is 0 Å². The van der Waals surface area contributed by atoms with Crippen LogP contribution in [0.5, 0.6) is 0 Å². The fourth-order valence-electron chi connectivity index (χ4n) is 1.31. The van der Waals surface area contributed by atoms with Crippen molar-refractivity contribution in [1.29, 1.82) is 0 Å². The molecule has 0 aliphatic rings. The second kappa shape index (κ2) is 6.07. The Morgan fingerprint density at radius 2 is 2.12 bits per heavy atom. The summed E-state index contributed by atoms with van der Waals surface area (Å²) in [5.74, 6) is 0. The first-order chi connectivity index (χ1) is 7.84. The Hall–Kier alpha value is -0.260. The lowest BCUT2D eigenvalue weighted by Gasteiger charge is -2.23. The van der Waals surface area contributed by atoms with E-state index in [1.165, 1.54) is 0 Å². The lowest BCUT2D eigenvalue weighted by Crippen LogP contribution is -2.35. The van der Waals surface area contributed by atoms with Gasteiger partial charge in [0.1, 0.15) is 0 Å². The van der Waals surface area contributed by atoms with Gasteiger partial charge < -0.3 is 0 Å². The van der Waals surface area contributed by atoms with Crippen LogP contribution < -0.4 is 4.72 Å². The number of pyridine rings is 1. The first-order valence-electron chi connectivity index (χ1n) is 5.63. The molecular weight excluding hydrogens is 300 g/mol. The lowest BCUT2D eigenvalue weighted by molar-refractivity contribution is 0.588. The number of nitrogens with one attached hydrogen (secondary N) is 1. The Kier molecular flexibility index (Phi) is 5.28. The molecule has 2 atom stereocenters. The van der Waals surface area contributed by atoms with Gasteiger partial charge in [-0.2, -0.15) is 0 Å². The maximum absolute atomic E-state index is 12.1. The smallest absolute Gasteiger partial charge is 0.0975 e. The Morgan fingerprint density at radius 3 is 2.59 bits per heavy atom. The average Bonchev–Trinajstić information content (AvgIpc) is 2.24. The SMILES string of the molecule is CCC(NS(=O)C(C)(C)C)c1cncc(Br)c1. The minimum Gasteiger partial charge on any atom is -0.263 e. The predicted molar refractivity (Wildman–Crippen MR) is 76.0 cm³/mol. The first kappa shape index (κ1) is 14.8. The largest absolute Gasteiger partial charge is 0.263 e. The lowest BCUT2D eigenvalue weighted by atomic mass is 10.1. The van der Waals surface area contributed by atoms with Gasteiger partial charge in [-0.3, -0.25) is 4.98 Å². The fourth-order valence-corrected chi connectivity index (χ4v) is 2.61. The number of halogens is 1. The molecule has 1 N–H and O–H groups in total. The molecule has 1 rings (SSSR count). The second-order valence-electron chi connectivity index (χ2n) is 4.90. The molecule has 96 valence electrons. The maximum Gasteiger partial charge on any atom is 0.0975 e. The van der Waals surface area contributed by atoms with Crippen molar-refractivity contribution >= 4 is 26.9 Å². The quantitative estimate of drug-likeness (QED) is 0.925. The molecule has 0 aliphatic heterocycles.